The Hall–Kier alpha value is -1.56. The lowest BCUT2D eigenvalue weighted by Crippen LogP contribution is -2.14. The number of nitrogens with zero attached hydrogens (tertiary/aromatic N) is 1. The summed E-state index contributed by atoms with van der Waals surface area (Å²) < 4.78 is 0. The molecule has 16 heavy (non-hydrogen) atoms. The van der Waals surface area contributed by atoms with E-state index < -0.39 is 16.1 Å². The van der Waals surface area contributed by atoms with Gasteiger partial charge in [-0.05, 0) is 12.5 Å². The van der Waals surface area contributed by atoms with E-state index in [1.54, 1.807) is 25.1 Å². The van der Waals surface area contributed by atoms with Gasteiger partial charge in [0, 0.05) is 6.07 Å². The number of thioether (sulfide) groups is 1. The number of aliphatic carboxylic acids is 1. The van der Waals surface area contributed by atoms with Gasteiger partial charge in [0.2, 0.25) is 0 Å². The molecule has 0 saturated heterocycles. The lowest BCUT2D eigenvalue weighted by atomic mass is 10.3. The van der Waals surface area contributed by atoms with E-state index in [-0.39, 0.29) is 5.69 Å². The first-order chi connectivity index (χ1) is 7.56. The Bertz CT molecular complexity index is 408. The molecule has 1 atom stereocenters. The summed E-state index contributed by atoms with van der Waals surface area (Å²) in [5.74, 6) is -0.953. The molecular formula is C10H11NO4S. The molecule has 1 rings (SSSR count). The van der Waals surface area contributed by atoms with E-state index in [1.165, 1.54) is 6.07 Å². The molecule has 0 aliphatic rings. The van der Waals surface area contributed by atoms with Gasteiger partial charge in [0.1, 0.15) is 5.25 Å². The van der Waals surface area contributed by atoms with Crippen LogP contribution in [0.25, 0.3) is 0 Å². The molecule has 1 unspecified atom stereocenters. The quantitative estimate of drug-likeness (QED) is 0.486. The van der Waals surface area contributed by atoms with E-state index in [0.29, 0.717) is 11.3 Å². The van der Waals surface area contributed by atoms with Gasteiger partial charge < -0.3 is 5.11 Å². The highest BCUT2D eigenvalue weighted by Gasteiger charge is 2.21. The number of hydrogen-bond donors (Lipinski definition) is 1. The molecule has 1 N–H and O–H groups in total. The first-order valence-electron chi connectivity index (χ1n) is 4.69. The second-order valence-corrected chi connectivity index (χ2v) is 4.32. The lowest BCUT2D eigenvalue weighted by molar-refractivity contribution is -0.387. The van der Waals surface area contributed by atoms with E-state index in [0.717, 1.165) is 11.8 Å². The molecule has 0 radical (unpaired) electrons. The molecule has 5 nitrogen and oxygen atoms in total. The zero-order valence-electron chi connectivity index (χ0n) is 8.62. The summed E-state index contributed by atoms with van der Waals surface area (Å²) in [5, 5.41) is 18.9. The average Bonchev–Trinajstić information content (AvgIpc) is 2.25. The van der Waals surface area contributed by atoms with Gasteiger partial charge in [-0.3, -0.25) is 14.9 Å². The van der Waals surface area contributed by atoms with Crippen molar-refractivity contribution in [2.45, 2.75) is 23.5 Å². The molecule has 0 saturated carbocycles. The number of carboxylic acid groups (broad SMARTS) is 1. The third-order valence-corrected chi connectivity index (χ3v) is 3.40. The second kappa shape index (κ2) is 5.50. The van der Waals surface area contributed by atoms with Crippen molar-refractivity contribution in [2.75, 3.05) is 0 Å². The van der Waals surface area contributed by atoms with E-state index >= 15 is 0 Å². The molecule has 0 amide bonds. The number of nitro benzene ring substituents is 1. The Kier molecular flexibility index (Phi) is 4.30. The molecular weight excluding hydrogens is 230 g/mol. The molecule has 0 bridgehead atoms. The van der Waals surface area contributed by atoms with Crippen LogP contribution in [0.2, 0.25) is 0 Å². The lowest BCUT2D eigenvalue weighted by Gasteiger charge is -2.08. The van der Waals surface area contributed by atoms with Crippen molar-refractivity contribution in [3.63, 3.8) is 0 Å². The topological polar surface area (TPSA) is 80.4 Å². The van der Waals surface area contributed by atoms with Crippen molar-refractivity contribution in [1.29, 1.82) is 0 Å². The molecule has 1 aromatic rings. The molecule has 86 valence electrons. The van der Waals surface area contributed by atoms with E-state index in [4.69, 9.17) is 5.11 Å². The van der Waals surface area contributed by atoms with Crippen molar-refractivity contribution in [3.8, 4) is 0 Å². The van der Waals surface area contributed by atoms with Gasteiger partial charge >= 0.3 is 5.97 Å². The fourth-order valence-corrected chi connectivity index (χ4v) is 2.16. The van der Waals surface area contributed by atoms with Crippen LogP contribution >= 0.6 is 11.8 Å². The molecule has 0 aromatic heterocycles. The van der Waals surface area contributed by atoms with Crippen LogP contribution in [-0.2, 0) is 4.79 Å². The van der Waals surface area contributed by atoms with Gasteiger partial charge in [0.05, 0.1) is 9.82 Å². The summed E-state index contributed by atoms with van der Waals surface area (Å²) in [4.78, 5) is 21.4. The number of para-hydroxylation sites is 1. The Balaban J connectivity index is 2.95. The second-order valence-electron chi connectivity index (χ2n) is 3.08. The summed E-state index contributed by atoms with van der Waals surface area (Å²) in [6.45, 7) is 1.74. The molecule has 0 aliphatic carbocycles. The van der Waals surface area contributed by atoms with Crippen LogP contribution in [-0.4, -0.2) is 21.2 Å². The zero-order valence-corrected chi connectivity index (χ0v) is 9.44. The average molecular weight is 241 g/mol. The summed E-state index contributed by atoms with van der Waals surface area (Å²) >= 11 is 1.01. The van der Waals surface area contributed by atoms with Crippen LogP contribution in [0.15, 0.2) is 29.2 Å². The Morgan fingerprint density at radius 2 is 2.19 bits per heavy atom. The zero-order chi connectivity index (χ0) is 12.1. The monoisotopic (exact) mass is 241 g/mol. The predicted octanol–water partition coefficient (Wildman–Crippen LogP) is 2.55. The summed E-state index contributed by atoms with van der Waals surface area (Å²) in [5.41, 5.74) is -0.0489. The molecule has 0 heterocycles. The maximum atomic E-state index is 10.8. The number of carboxylic acids is 1. The number of benzene rings is 1. The molecule has 0 aliphatic heterocycles. The fourth-order valence-electron chi connectivity index (χ4n) is 1.17. The van der Waals surface area contributed by atoms with Crippen molar-refractivity contribution in [1.82, 2.24) is 0 Å². The molecule has 0 fully saturated rings. The maximum Gasteiger partial charge on any atom is 0.316 e. The standard InChI is InChI=1S/C10H11NO4S/c1-2-8(10(12)13)16-9-6-4-3-5-7(9)11(14)15/h3-6,8H,2H2,1H3,(H,12,13). The largest absolute Gasteiger partial charge is 0.480 e. The van der Waals surface area contributed by atoms with Gasteiger partial charge in [0.25, 0.3) is 5.69 Å². The Morgan fingerprint density at radius 3 is 2.69 bits per heavy atom. The highest BCUT2D eigenvalue weighted by molar-refractivity contribution is 8.00. The first-order valence-corrected chi connectivity index (χ1v) is 5.57. The van der Waals surface area contributed by atoms with Crippen LogP contribution in [0.1, 0.15) is 13.3 Å². The third kappa shape index (κ3) is 2.96. The Morgan fingerprint density at radius 1 is 1.56 bits per heavy atom. The minimum Gasteiger partial charge on any atom is -0.480 e. The predicted molar refractivity (Wildman–Crippen MR) is 60.7 cm³/mol. The summed E-state index contributed by atoms with van der Waals surface area (Å²) in [6, 6.07) is 6.15. The van der Waals surface area contributed by atoms with E-state index in [1.807, 2.05) is 0 Å². The number of rotatable bonds is 5. The Labute approximate surface area is 96.6 Å². The number of nitro groups is 1. The minimum atomic E-state index is -0.953. The van der Waals surface area contributed by atoms with E-state index in [2.05, 4.69) is 0 Å². The minimum absolute atomic E-state index is 0.0489. The van der Waals surface area contributed by atoms with Crippen LogP contribution in [0.3, 0.4) is 0 Å². The van der Waals surface area contributed by atoms with Crippen LogP contribution in [0.4, 0.5) is 5.69 Å². The van der Waals surface area contributed by atoms with Crippen LogP contribution in [0, 0.1) is 10.1 Å². The third-order valence-electron chi connectivity index (χ3n) is 1.98. The van der Waals surface area contributed by atoms with E-state index in [9.17, 15) is 14.9 Å². The number of carbonyl (C=O) groups is 1. The smallest absolute Gasteiger partial charge is 0.316 e. The normalized spacial score (nSPS) is 12.1. The maximum absolute atomic E-state index is 10.8. The SMILES string of the molecule is CCC(Sc1ccccc1[N+](=O)[O-])C(=O)O. The summed E-state index contributed by atoms with van der Waals surface area (Å²) in [7, 11) is 0. The number of hydrogen-bond acceptors (Lipinski definition) is 4. The summed E-state index contributed by atoms with van der Waals surface area (Å²) in [6.07, 6.45) is 0.423. The van der Waals surface area contributed by atoms with Gasteiger partial charge in [0.15, 0.2) is 0 Å². The van der Waals surface area contributed by atoms with Crippen molar-refractivity contribution < 1.29 is 14.8 Å². The fraction of sp³-hybridized carbons (Fsp3) is 0.300. The van der Waals surface area contributed by atoms with Crippen LogP contribution in [0.5, 0.6) is 0 Å². The van der Waals surface area contributed by atoms with Crippen molar-refractivity contribution in [2.24, 2.45) is 0 Å². The van der Waals surface area contributed by atoms with Crippen molar-refractivity contribution in [3.05, 3.63) is 34.4 Å². The molecule has 1 aromatic carbocycles. The van der Waals surface area contributed by atoms with Gasteiger partial charge in [-0.2, -0.15) is 0 Å². The van der Waals surface area contributed by atoms with Gasteiger partial charge in [-0.25, -0.2) is 0 Å². The van der Waals surface area contributed by atoms with Crippen LogP contribution < -0.4 is 0 Å². The van der Waals surface area contributed by atoms with Gasteiger partial charge in [-0.15, -0.1) is 11.8 Å². The highest BCUT2D eigenvalue weighted by Crippen LogP contribution is 2.32. The highest BCUT2D eigenvalue weighted by atomic mass is 32.2. The van der Waals surface area contributed by atoms with Crippen molar-refractivity contribution >= 4 is 23.4 Å². The first kappa shape index (κ1) is 12.5. The molecule has 0 spiro atoms. The molecule has 6 heteroatoms. The van der Waals surface area contributed by atoms with Gasteiger partial charge in [-0.1, -0.05) is 19.1 Å².